The molecule has 0 spiro atoms. The molecular weight excluding hydrogens is 392 g/mol. The van der Waals surface area contributed by atoms with Crippen LogP contribution in [-0.4, -0.2) is 83.5 Å². The second kappa shape index (κ2) is 8.63. The maximum atomic E-state index is 8.23. The highest BCUT2D eigenvalue weighted by atomic mass is 16.5. The van der Waals surface area contributed by atoms with Crippen LogP contribution in [0.1, 0.15) is 40.5 Å². The van der Waals surface area contributed by atoms with Gasteiger partial charge in [-0.05, 0) is 33.7 Å². The van der Waals surface area contributed by atoms with Gasteiger partial charge in [0.25, 0.3) is 0 Å². The Kier molecular flexibility index (Phi) is 6.07. The SMILES string of the molecule is CCC1CN(C)CC(CC)N1c1cc(N2CCOCC2C)nc2c1c(N)nn2C(C)=N. The second-order valence-electron chi connectivity index (χ2n) is 8.95. The molecule has 0 radical (unpaired) electrons. The summed E-state index contributed by atoms with van der Waals surface area (Å²) in [4.78, 5) is 12.3. The second-order valence-corrected chi connectivity index (χ2v) is 8.95. The average molecular weight is 429 g/mol. The highest BCUT2D eigenvalue weighted by molar-refractivity contribution is 6.03. The molecule has 170 valence electrons. The summed E-state index contributed by atoms with van der Waals surface area (Å²) in [7, 11) is 2.20. The van der Waals surface area contributed by atoms with E-state index in [0.29, 0.717) is 42.6 Å². The fourth-order valence-corrected chi connectivity index (χ4v) is 5.08. The Morgan fingerprint density at radius 3 is 2.52 bits per heavy atom. The first kappa shape index (κ1) is 21.8. The summed E-state index contributed by atoms with van der Waals surface area (Å²) in [6.07, 6.45) is 2.09. The largest absolute Gasteiger partial charge is 0.382 e. The molecule has 4 heterocycles. The molecule has 2 aliphatic rings. The summed E-state index contributed by atoms with van der Waals surface area (Å²) in [5.41, 5.74) is 8.20. The van der Waals surface area contributed by atoms with Gasteiger partial charge in [-0.2, -0.15) is 4.68 Å². The standard InChI is InChI=1S/C22H36N8O/c1-6-16-11-27(5)12-17(7-2)29(16)18-10-19(28-8-9-31-13-14(28)3)25-22-20(18)21(24)26-30(22)15(4)23/h10,14,16-17,23H,6-9,11-13H2,1-5H3,(H2,24,26). The lowest BCUT2D eigenvalue weighted by molar-refractivity contribution is 0.0985. The fourth-order valence-electron chi connectivity index (χ4n) is 5.08. The zero-order valence-corrected chi connectivity index (χ0v) is 19.4. The van der Waals surface area contributed by atoms with Crippen LogP contribution in [0, 0.1) is 5.41 Å². The van der Waals surface area contributed by atoms with Gasteiger partial charge in [0.05, 0.1) is 30.3 Å². The summed E-state index contributed by atoms with van der Waals surface area (Å²) >= 11 is 0. The van der Waals surface area contributed by atoms with Crippen molar-refractivity contribution in [2.24, 2.45) is 0 Å². The molecule has 9 nitrogen and oxygen atoms in total. The number of anilines is 3. The molecule has 9 heteroatoms. The van der Waals surface area contributed by atoms with Gasteiger partial charge in [-0.1, -0.05) is 13.8 Å². The molecular formula is C22H36N8O. The Morgan fingerprint density at radius 2 is 1.94 bits per heavy atom. The van der Waals surface area contributed by atoms with E-state index < -0.39 is 0 Å². The van der Waals surface area contributed by atoms with E-state index in [0.717, 1.165) is 49.4 Å². The molecule has 31 heavy (non-hydrogen) atoms. The number of morpholine rings is 1. The molecule has 3 N–H and O–H groups in total. The molecule has 0 saturated carbocycles. The van der Waals surface area contributed by atoms with E-state index in [1.807, 2.05) is 0 Å². The van der Waals surface area contributed by atoms with Crippen LogP contribution in [-0.2, 0) is 4.74 Å². The number of hydrogen-bond acceptors (Lipinski definition) is 8. The number of rotatable bonds is 4. The first-order valence-corrected chi connectivity index (χ1v) is 11.4. The van der Waals surface area contributed by atoms with E-state index in [1.165, 1.54) is 0 Å². The van der Waals surface area contributed by atoms with Gasteiger partial charge in [-0.3, -0.25) is 5.41 Å². The summed E-state index contributed by atoms with van der Waals surface area (Å²) in [5, 5.41) is 13.6. The number of aromatic nitrogens is 3. The third kappa shape index (κ3) is 3.85. The van der Waals surface area contributed by atoms with Gasteiger partial charge in [-0.25, -0.2) is 4.98 Å². The van der Waals surface area contributed by atoms with E-state index in [4.69, 9.17) is 20.9 Å². The van der Waals surface area contributed by atoms with Crippen LogP contribution in [0.15, 0.2) is 6.07 Å². The van der Waals surface area contributed by atoms with Crippen molar-refractivity contribution in [1.82, 2.24) is 19.7 Å². The van der Waals surface area contributed by atoms with Gasteiger partial charge in [0, 0.05) is 37.8 Å². The van der Waals surface area contributed by atoms with Crippen molar-refractivity contribution in [3.05, 3.63) is 6.07 Å². The summed E-state index contributed by atoms with van der Waals surface area (Å²) in [6, 6.07) is 3.20. The smallest absolute Gasteiger partial charge is 0.170 e. The van der Waals surface area contributed by atoms with E-state index in [-0.39, 0.29) is 6.04 Å². The molecule has 4 rings (SSSR count). The zero-order valence-electron chi connectivity index (χ0n) is 19.4. The molecule has 2 aromatic rings. The van der Waals surface area contributed by atoms with Gasteiger partial charge in [0.1, 0.15) is 11.7 Å². The van der Waals surface area contributed by atoms with Crippen LogP contribution in [0.3, 0.4) is 0 Å². The van der Waals surface area contributed by atoms with Crippen molar-refractivity contribution in [1.29, 1.82) is 5.41 Å². The fraction of sp³-hybridized carbons (Fsp3) is 0.682. The van der Waals surface area contributed by atoms with Crippen LogP contribution in [0.2, 0.25) is 0 Å². The minimum Gasteiger partial charge on any atom is -0.382 e. The lowest BCUT2D eigenvalue weighted by Crippen LogP contribution is -2.57. The Balaban J connectivity index is 1.95. The number of nitrogen functional groups attached to an aromatic ring is 1. The first-order chi connectivity index (χ1) is 14.8. The Bertz CT molecular complexity index is 943. The van der Waals surface area contributed by atoms with Crippen molar-refractivity contribution < 1.29 is 4.74 Å². The van der Waals surface area contributed by atoms with Crippen molar-refractivity contribution >= 4 is 34.2 Å². The summed E-state index contributed by atoms with van der Waals surface area (Å²) in [5.74, 6) is 1.66. The third-order valence-electron chi connectivity index (χ3n) is 6.66. The van der Waals surface area contributed by atoms with E-state index in [9.17, 15) is 0 Å². The van der Waals surface area contributed by atoms with Crippen molar-refractivity contribution in [2.75, 3.05) is 55.4 Å². The lowest BCUT2D eigenvalue weighted by Gasteiger charge is -2.47. The van der Waals surface area contributed by atoms with Crippen LogP contribution in [0.25, 0.3) is 11.0 Å². The molecule has 2 aromatic heterocycles. The monoisotopic (exact) mass is 428 g/mol. The lowest BCUT2D eigenvalue weighted by atomic mass is 10.00. The molecule has 0 aliphatic carbocycles. The van der Waals surface area contributed by atoms with Gasteiger partial charge >= 0.3 is 0 Å². The quantitative estimate of drug-likeness (QED) is 0.570. The Morgan fingerprint density at radius 1 is 1.26 bits per heavy atom. The Labute approximate surface area is 184 Å². The molecule has 0 amide bonds. The van der Waals surface area contributed by atoms with Crippen LogP contribution >= 0.6 is 0 Å². The van der Waals surface area contributed by atoms with Gasteiger partial charge < -0.3 is 25.2 Å². The molecule has 2 aliphatic heterocycles. The Hall–Kier alpha value is -2.39. The number of ether oxygens (including phenoxy) is 1. The summed E-state index contributed by atoms with van der Waals surface area (Å²) < 4.78 is 7.23. The molecule has 0 aromatic carbocycles. The number of nitrogens with one attached hydrogen (secondary N) is 1. The molecule has 2 fully saturated rings. The van der Waals surface area contributed by atoms with Crippen LogP contribution in [0.5, 0.6) is 0 Å². The third-order valence-corrected chi connectivity index (χ3v) is 6.66. The number of piperazine rings is 1. The molecule has 2 saturated heterocycles. The van der Waals surface area contributed by atoms with Gasteiger partial charge in [0.15, 0.2) is 11.5 Å². The van der Waals surface area contributed by atoms with Crippen LogP contribution in [0.4, 0.5) is 17.3 Å². The molecule has 3 atom stereocenters. The van der Waals surface area contributed by atoms with E-state index >= 15 is 0 Å². The minimum absolute atomic E-state index is 0.234. The van der Waals surface area contributed by atoms with E-state index in [1.54, 1.807) is 11.6 Å². The number of nitrogens with two attached hydrogens (primary N) is 1. The minimum atomic E-state index is 0.234. The van der Waals surface area contributed by atoms with Gasteiger partial charge in [-0.15, -0.1) is 5.10 Å². The number of pyridine rings is 1. The summed E-state index contributed by atoms with van der Waals surface area (Å²) in [6.45, 7) is 12.6. The van der Waals surface area contributed by atoms with Crippen molar-refractivity contribution in [3.63, 3.8) is 0 Å². The van der Waals surface area contributed by atoms with E-state index in [2.05, 4.69) is 53.7 Å². The predicted octanol–water partition coefficient (Wildman–Crippen LogP) is 2.39. The maximum Gasteiger partial charge on any atom is 0.170 e. The topological polar surface area (TPSA) is 99.5 Å². The average Bonchev–Trinajstić information content (AvgIpc) is 3.09. The highest BCUT2D eigenvalue weighted by Crippen LogP contribution is 2.38. The van der Waals surface area contributed by atoms with Gasteiger partial charge in [0.2, 0.25) is 0 Å². The van der Waals surface area contributed by atoms with Crippen LogP contribution < -0.4 is 15.5 Å². The molecule has 0 bridgehead atoms. The maximum absolute atomic E-state index is 8.23. The number of nitrogens with zero attached hydrogens (tertiary/aromatic N) is 6. The first-order valence-electron chi connectivity index (χ1n) is 11.4. The van der Waals surface area contributed by atoms with Crippen molar-refractivity contribution in [3.8, 4) is 0 Å². The number of likely N-dealkylation sites (N-methyl/N-ethyl adjacent to an activating group) is 1. The number of fused-ring (bicyclic) bond motifs is 1. The highest BCUT2D eigenvalue weighted by Gasteiger charge is 2.35. The van der Waals surface area contributed by atoms with Crippen molar-refractivity contribution in [2.45, 2.75) is 58.7 Å². The zero-order chi connectivity index (χ0) is 22.3. The predicted molar refractivity (Wildman–Crippen MR) is 127 cm³/mol. The normalized spacial score (nSPS) is 25.4. The molecule has 3 unspecified atom stereocenters. The number of hydrogen-bond donors (Lipinski definition) is 2.